The number of para-hydroxylation sites is 1. The number of nitrogens with zero attached hydrogens (tertiary/aromatic N) is 3. The first kappa shape index (κ1) is 23.7. The van der Waals surface area contributed by atoms with E-state index in [2.05, 4.69) is 4.98 Å². The molecule has 0 saturated carbocycles. The van der Waals surface area contributed by atoms with Gasteiger partial charge in [-0.05, 0) is 26.0 Å². The lowest BCUT2D eigenvalue weighted by Crippen LogP contribution is -2.58. The quantitative estimate of drug-likeness (QED) is 0.629. The Morgan fingerprint density at radius 1 is 0.903 bits per heavy atom. The topological polar surface area (TPSA) is 125 Å². The van der Waals surface area contributed by atoms with E-state index in [0.29, 0.717) is 10.5 Å². The van der Waals surface area contributed by atoms with Crippen LogP contribution in [0.2, 0.25) is 0 Å². The lowest BCUT2D eigenvalue weighted by Gasteiger charge is -2.29. The van der Waals surface area contributed by atoms with Gasteiger partial charge in [-0.25, -0.2) is 4.98 Å². The summed E-state index contributed by atoms with van der Waals surface area (Å²) in [4.78, 5) is 66.9. The third kappa shape index (κ3) is 5.14. The molecule has 0 aliphatic rings. The van der Waals surface area contributed by atoms with Crippen molar-refractivity contribution in [2.75, 3.05) is 5.01 Å². The molecule has 0 fully saturated rings. The first-order valence-electron chi connectivity index (χ1n) is 9.69. The van der Waals surface area contributed by atoms with Crippen LogP contribution in [0.1, 0.15) is 53.3 Å². The highest BCUT2D eigenvalue weighted by molar-refractivity contribution is 6.12. The normalized spacial score (nSPS) is 12.9. The van der Waals surface area contributed by atoms with Crippen molar-refractivity contribution in [3.8, 4) is 0 Å². The minimum atomic E-state index is -1.38. The number of ether oxygens (including phenoxy) is 2. The predicted molar refractivity (Wildman–Crippen MR) is 111 cm³/mol. The molecule has 0 bridgehead atoms. The molecule has 0 saturated heterocycles. The maximum Gasteiger partial charge on any atom is 0.303 e. The van der Waals surface area contributed by atoms with Crippen LogP contribution in [0.5, 0.6) is 0 Å². The van der Waals surface area contributed by atoms with Gasteiger partial charge in [-0.1, -0.05) is 26.0 Å². The zero-order valence-corrected chi connectivity index (χ0v) is 18.2. The van der Waals surface area contributed by atoms with Crippen molar-refractivity contribution in [2.24, 2.45) is 0 Å². The molecule has 0 radical (unpaired) electrons. The smallest absolute Gasteiger partial charge is 0.303 e. The van der Waals surface area contributed by atoms with Crippen LogP contribution in [0.4, 0.5) is 0 Å². The second kappa shape index (κ2) is 9.50. The molecule has 1 heterocycles. The Hall–Kier alpha value is -3.56. The van der Waals surface area contributed by atoms with Crippen LogP contribution in [-0.4, -0.2) is 45.6 Å². The van der Waals surface area contributed by atoms with Crippen LogP contribution < -0.4 is 10.6 Å². The molecule has 2 aromatic rings. The summed E-state index contributed by atoms with van der Waals surface area (Å²) in [6, 6.07) is 6.50. The Balaban J connectivity index is 2.79. The highest BCUT2D eigenvalue weighted by Gasteiger charge is 2.36. The van der Waals surface area contributed by atoms with E-state index in [0.717, 1.165) is 18.5 Å². The molecule has 10 nitrogen and oxygen atoms in total. The maximum atomic E-state index is 13.4. The van der Waals surface area contributed by atoms with Gasteiger partial charge in [0.25, 0.3) is 17.4 Å². The number of amides is 2. The molecule has 0 N–H and O–H groups in total. The van der Waals surface area contributed by atoms with E-state index in [9.17, 15) is 24.0 Å². The van der Waals surface area contributed by atoms with Crippen LogP contribution in [0.15, 0.2) is 29.1 Å². The minimum absolute atomic E-state index is 0.135. The number of fused-ring (bicyclic) bond motifs is 1. The third-order valence-corrected chi connectivity index (χ3v) is 4.29. The fourth-order valence-electron chi connectivity index (χ4n) is 2.96. The maximum absolute atomic E-state index is 13.4. The van der Waals surface area contributed by atoms with Gasteiger partial charge in [-0.15, -0.1) is 0 Å². The van der Waals surface area contributed by atoms with Gasteiger partial charge in [0, 0.05) is 19.8 Å². The Labute approximate surface area is 178 Å². The monoisotopic (exact) mass is 431 g/mol. The van der Waals surface area contributed by atoms with Gasteiger partial charge in [0.15, 0.2) is 12.2 Å². The van der Waals surface area contributed by atoms with Crippen LogP contribution in [0.25, 0.3) is 10.9 Å². The highest BCUT2D eigenvalue weighted by Crippen LogP contribution is 2.17. The molecule has 2 atom stereocenters. The van der Waals surface area contributed by atoms with Gasteiger partial charge >= 0.3 is 11.9 Å². The summed E-state index contributed by atoms with van der Waals surface area (Å²) in [5, 5.41) is 0.718. The fourth-order valence-corrected chi connectivity index (χ4v) is 2.96. The van der Waals surface area contributed by atoms with E-state index in [-0.39, 0.29) is 17.1 Å². The molecule has 1 aromatic heterocycles. The molecule has 1 aromatic carbocycles. The summed E-state index contributed by atoms with van der Waals surface area (Å²) in [5.41, 5.74) is -0.269. The second-order valence-corrected chi connectivity index (χ2v) is 7.25. The van der Waals surface area contributed by atoms with E-state index >= 15 is 0 Å². The average molecular weight is 431 g/mol. The molecule has 166 valence electrons. The zero-order valence-electron chi connectivity index (χ0n) is 18.2. The van der Waals surface area contributed by atoms with Gasteiger partial charge in [0.05, 0.1) is 10.9 Å². The molecular weight excluding hydrogens is 406 g/mol. The summed E-state index contributed by atoms with van der Waals surface area (Å²) in [7, 11) is 0. The summed E-state index contributed by atoms with van der Waals surface area (Å²) in [6.07, 6.45) is -2.77. The van der Waals surface area contributed by atoms with Crippen molar-refractivity contribution in [3.63, 3.8) is 0 Å². The summed E-state index contributed by atoms with van der Waals surface area (Å²) < 4.78 is 10.7. The summed E-state index contributed by atoms with van der Waals surface area (Å²) in [6.45, 7) is 8.25. The Morgan fingerprint density at radius 2 is 1.39 bits per heavy atom. The molecule has 0 aliphatic carbocycles. The zero-order chi connectivity index (χ0) is 23.5. The predicted octanol–water partition coefficient (Wildman–Crippen LogP) is 1.41. The SMILES string of the molecule is CC(=O)O[C@@H](C)C(=O)N(C(=O)[C@H](C)OC(C)=O)n1c(C(C)C)nc2ccccc2c1=O. The van der Waals surface area contributed by atoms with E-state index < -0.39 is 41.5 Å². The largest absolute Gasteiger partial charge is 0.453 e. The number of esters is 2. The standard InChI is InChI=1S/C21H25N3O7/c1-11(2)18-22-17-10-8-7-9-16(17)21(29)23(18)24(19(27)12(3)30-14(5)25)20(28)13(4)31-15(6)26/h7-13H,1-6H3/t12-,13-/m0/s1. The average Bonchev–Trinajstić information content (AvgIpc) is 2.68. The van der Waals surface area contributed by atoms with Gasteiger partial charge in [-0.2, -0.15) is 9.69 Å². The molecule has 0 spiro atoms. The Bertz CT molecular complexity index is 1060. The number of carbonyl (C=O) groups is 4. The molecular formula is C21H25N3O7. The number of benzene rings is 1. The molecule has 10 heteroatoms. The lowest BCUT2D eigenvalue weighted by atomic mass is 10.1. The third-order valence-electron chi connectivity index (χ3n) is 4.29. The Morgan fingerprint density at radius 3 is 1.84 bits per heavy atom. The minimum Gasteiger partial charge on any atom is -0.453 e. The summed E-state index contributed by atoms with van der Waals surface area (Å²) >= 11 is 0. The van der Waals surface area contributed by atoms with Crippen LogP contribution in [0.3, 0.4) is 0 Å². The van der Waals surface area contributed by atoms with E-state index in [1.807, 2.05) is 0 Å². The van der Waals surface area contributed by atoms with E-state index in [1.165, 1.54) is 19.9 Å². The van der Waals surface area contributed by atoms with E-state index in [1.54, 1.807) is 32.0 Å². The fraction of sp³-hybridized carbons (Fsp3) is 0.429. The summed E-state index contributed by atoms with van der Waals surface area (Å²) in [5.74, 6) is -3.69. The van der Waals surface area contributed by atoms with Gasteiger partial charge in [0.1, 0.15) is 5.82 Å². The van der Waals surface area contributed by atoms with E-state index in [4.69, 9.17) is 9.47 Å². The first-order valence-corrected chi connectivity index (χ1v) is 9.69. The first-order chi connectivity index (χ1) is 14.5. The van der Waals surface area contributed by atoms with Crippen molar-refractivity contribution in [1.29, 1.82) is 0 Å². The Kier molecular flexibility index (Phi) is 7.27. The molecule has 2 amide bonds. The van der Waals surface area contributed by atoms with Gasteiger partial charge in [0.2, 0.25) is 0 Å². The van der Waals surface area contributed by atoms with Crippen LogP contribution in [-0.2, 0) is 28.7 Å². The second-order valence-electron chi connectivity index (χ2n) is 7.25. The number of rotatable bonds is 6. The van der Waals surface area contributed by atoms with Crippen molar-refractivity contribution in [2.45, 2.75) is 59.7 Å². The number of imide groups is 1. The van der Waals surface area contributed by atoms with Crippen molar-refractivity contribution >= 4 is 34.7 Å². The van der Waals surface area contributed by atoms with Crippen molar-refractivity contribution in [1.82, 2.24) is 9.66 Å². The van der Waals surface area contributed by atoms with Crippen molar-refractivity contribution in [3.05, 3.63) is 40.4 Å². The number of hydrogen-bond donors (Lipinski definition) is 0. The number of carbonyl (C=O) groups excluding carboxylic acids is 4. The van der Waals surface area contributed by atoms with Crippen LogP contribution in [0, 0.1) is 0 Å². The number of aromatic nitrogens is 2. The highest BCUT2D eigenvalue weighted by atomic mass is 16.6. The van der Waals surface area contributed by atoms with Crippen molar-refractivity contribution < 1.29 is 28.7 Å². The molecule has 0 aliphatic heterocycles. The molecule has 0 unspecified atom stereocenters. The van der Waals surface area contributed by atoms with Gasteiger partial charge in [-0.3, -0.25) is 24.0 Å². The van der Waals surface area contributed by atoms with Gasteiger partial charge < -0.3 is 9.47 Å². The number of hydrogen-bond acceptors (Lipinski definition) is 8. The molecule has 2 rings (SSSR count). The lowest BCUT2D eigenvalue weighted by molar-refractivity contribution is -0.156. The van der Waals surface area contributed by atoms with Crippen LogP contribution >= 0.6 is 0 Å². The molecule has 31 heavy (non-hydrogen) atoms.